The third-order valence-corrected chi connectivity index (χ3v) is 3.57. The number of carboxylic acids is 1. The molecule has 0 spiro atoms. The van der Waals surface area contributed by atoms with Gasteiger partial charge in [-0.1, -0.05) is 19.3 Å². The van der Waals surface area contributed by atoms with Crippen molar-refractivity contribution < 1.29 is 19.1 Å². The Morgan fingerprint density at radius 3 is 2.63 bits per heavy atom. The highest BCUT2D eigenvalue weighted by Gasteiger charge is 2.27. The van der Waals surface area contributed by atoms with Crippen molar-refractivity contribution >= 4 is 11.9 Å². The summed E-state index contributed by atoms with van der Waals surface area (Å²) in [6.07, 6.45) is 6.72. The molecule has 1 heterocycles. The zero-order valence-electron chi connectivity index (χ0n) is 10.9. The number of amides is 1. The van der Waals surface area contributed by atoms with E-state index in [0.717, 1.165) is 25.7 Å². The summed E-state index contributed by atoms with van der Waals surface area (Å²) >= 11 is 0. The summed E-state index contributed by atoms with van der Waals surface area (Å²) in [5.41, 5.74) is 0. The van der Waals surface area contributed by atoms with Gasteiger partial charge in [-0.15, -0.1) is 0 Å². The average Bonchev–Trinajstić information content (AvgIpc) is 2.93. The summed E-state index contributed by atoms with van der Waals surface area (Å²) in [4.78, 5) is 24.8. The van der Waals surface area contributed by atoms with Crippen LogP contribution in [0.1, 0.15) is 49.1 Å². The van der Waals surface area contributed by atoms with Crippen molar-refractivity contribution in [1.82, 2.24) is 4.90 Å². The van der Waals surface area contributed by atoms with E-state index in [2.05, 4.69) is 0 Å². The van der Waals surface area contributed by atoms with Crippen molar-refractivity contribution in [3.63, 3.8) is 0 Å². The third kappa shape index (κ3) is 3.59. The van der Waals surface area contributed by atoms with Crippen molar-refractivity contribution in [3.8, 4) is 0 Å². The molecule has 1 aliphatic rings. The molecule has 0 radical (unpaired) electrons. The number of hydrogen-bond acceptors (Lipinski definition) is 3. The highest BCUT2D eigenvalue weighted by Crippen LogP contribution is 2.24. The van der Waals surface area contributed by atoms with Crippen LogP contribution in [0.3, 0.4) is 0 Å². The highest BCUT2D eigenvalue weighted by molar-refractivity contribution is 5.91. The Balaban J connectivity index is 2.08. The molecule has 0 atom stereocenters. The molecule has 0 aromatic carbocycles. The van der Waals surface area contributed by atoms with Crippen molar-refractivity contribution in [2.45, 2.75) is 44.6 Å². The van der Waals surface area contributed by atoms with Crippen LogP contribution in [0, 0.1) is 0 Å². The molecule has 1 fully saturated rings. The topological polar surface area (TPSA) is 70.8 Å². The quantitative estimate of drug-likeness (QED) is 0.888. The van der Waals surface area contributed by atoms with Crippen LogP contribution in [-0.2, 0) is 4.79 Å². The maximum atomic E-state index is 12.4. The van der Waals surface area contributed by atoms with Gasteiger partial charge in [0, 0.05) is 12.6 Å². The lowest BCUT2D eigenvalue weighted by Gasteiger charge is -2.33. The largest absolute Gasteiger partial charge is 0.481 e. The second kappa shape index (κ2) is 6.41. The normalized spacial score (nSPS) is 16.2. The summed E-state index contributed by atoms with van der Waals surface area (Å²) in [5, 5.41) is 8.81. The molecule has 1 aromatic rings. The number of carbonyl (C=O) groups excluding carboxylic acids is 1. The SMILES string of the molecule is O=C(O)CCN(C(=O)c1ccco1)C1CCCCC1. The molecule has 5 nitrogen and oxygen atoms in total. The Hall–Kier alpha value is -1.78. The van der Waals surface area contributed by atoms with Gasteiger partial charge in [-0.3, -0.25) is 9.59 Å². The van der Waals surface area contributed by atoms with E-state index in [4.69, 9.17) is 9.52 Å². The molecule has 5 heteroatoms. The van der Waals surface area contributed by atoms with E-state index in [0.29, 0.717) is 0 Å². The minimum atomic E-state index is -0.881. The van der Waals surface area contributed by atoms with Gasteiger partial charge in [0.1, 0.15) is 0 Å². The lowest BCUT2D eigenvalue weighted by atomic mass is 9.94. The van der Waals surface area contributed by atoms with Gasteiger partial charge in [0.15, 0.2) is 5.76 Å². The van der Waals surface area contributed by atoms with Gasteiger partial charge < -0.3 is 14.4 Å². The Morgan fingerprint density at radius 2 is 2.05 bits per heavy atom. The van der Waals surface area contributed by atoms with Gasteiger partial charge in [0.2, 0.25) is 0 Å². The van der Waals surface area contributed by atoms with Crippen molar-refractivity contribution in [2.24, 2.45) is 0 Å². The summed E-state index contributed by atoms with van der Waals surface area (Å²) in [6, 6.07) is 3.44. The summed E-state index contributed by atoms with van der Waals surface area (Å²) in [6.45, 7) is 0.250. The van der Waals surface area contributed by atoms with Crippen LogP contribution < -0.4 is 0 Å². The number of carboxylic acid groups (broad SMARTS) is 1. The van der Waals surface area contributed by atoms with E-state index < -0.39 is 5.97 Å². The van der Waals surface area contributed by atoms with Gasteiger partial charge in [-0.2, -0.15) is 0 Å². The number of rotatable bonds is 5. The van der Waals surface area contributed by atoms with Crippen molar-refractivity contribution in [3.05, 3.63) is 24.2 Å². The molecule has 1 saturated carbocycles. The van der Waals surface area contributed by atoms with Crippen molar-refractivity contribution in [1.29, 1.82) is 0 Å². The fraction of sp³-hybridized carbons (Fsp3) is 0.571. The first-order valence-electron chi connectivity index (χ1n) is 6.75. The number of furan rings is 1. The molecule has 19 heavy (non-hydrogen) atoms. The molecular weight excluding hydrogens is 246 g/mol. The highest BCUT2D eigenvalue weighted by atomic mass is 16.4. The monoisotopic (exact) mass is 265 g/mol. The Bertz CT molecular complexity index is 421. The molecule has 1 aromatic heterocycles. The maximum absolute atomic E-state index is 12.4. The van der Waals surface area contributed by atoms with Gasteiger partial charge in [-0.25, -0.2) is 0 Å². The number of aliphatic carboxylic acids is 1. The van der Waals surface area contributed by atoms with Crippen LogP contribution in [0.5, 0.6) is 0 Å². The fourth-order valence-corrected chi connectivity index (χ4v) is 2.60. The smallest absolute Gasteiger partial charge is 0.305 e. The molecule has 2 rings (SSSR count). The zero-order chi connectivity index (χ0) is 13.7. The second-order valence-corrected chi connectivity index (χ2v) is 4.91. The standard InChI is InChI=1S/C14H19NO4/c16-13(17)8-9-15(11-5-2-1-3-6-11)14(18)12-7-4-10-19-12/h4,7,10-11H,1-3,5-6,8-9H2,(H,16,17). The number of nitrogens with zero attached hydrogens (tertiary/aromatic N) is 1. The molecule has 104 valence electrons. The fourth-order valence-electron chi connectivity index (χ4n) is 2.60. The van der Waals surface area contributed by atoms with Crippen LogP contribution in [0.15, 0.2) is 22.8 Å². The van der Waals surface area contributed by atoms with Crippen molar-refractivity contribution in [2.75, 3.05) is 6.54 Å². The minimum Gasteiger partial charge on any atom is -0.481 e. The summed E-state index contributed by atoms with van der Waals surface area (Å²) < 4.78 is 5.14. The number of hydrogen-bond donors (Lipinski definition) is 1. The Morgan fingerprint density at radius 1 is 1.32 bits per heavy atom. The van der Waals surface area contributed by atoms with Gasteiger partial charge >= 0.3 is 5.97 Å². The van der Waals surface area contributed by atoms with E-state index in [9.17, 15) is 9.59 Å². The lowest BCUT2D eigenvalue weighted by molar-refractivity contribution is -0.137. The molecule has 1 N–H and O–H groups in total. The van der Waals surface area contributed by atoms with E-state index >= 15 is 0 Å². The first-order valence-corrected chi connectivity index (χ1v) is 6.75. The van der Waals surface area contributed by atoms with Gasteiger partial charge in [0.05, 0.1) is 12.7 Å². The van der Waals surface area contributed by atoms with Crippen LogP contribution in [0.2, 0.25) is 0 Å². The molecule has 0 bridgehead atoms. The van der Waals surface area contributed by atoms with Crippen LogP contribution in [-0.4, -0.2) is 34.5 Å². The molecule has 0 aliphatic heterocycles. The molecule has 1 aliphatic carbocycles. The molecule has 0 unspecified atom stereocenters. The molecule has 1 amide bonds. The van der Waals surface area contributed by atoms with Gasteiger partial charge in [0.25, 0.3) is 5.91 Å². The first-order chi connectivity index (χ1) is 9.18. The zero-order valence-corrected chi connectivity index (χ0v) is 10.9. The first kappa shape index (κ1) is 13.6. The second-order valence-electron chi connectivity index (χ2n) is 4.91. The third-order valence-electron chi connectivity index (χ3n) is 3.57. The van der Waals surface area contributed by atoms with E-state index in [1.54, 1.807) is 17.0 Å². The van der Waals surface area contributed by atoms with Crippen LogP contribution in [0.25, 0.3) is 0 Å². The number of carbonyl (C=O) groups is 2. The van der Waals surface area contributed by atoms with Crippen LogP contribution >= 0.6 is 0 Å². The van der Waals surface area contributed by atoms with E-state index in [-0.39, 0.29) is 30.7 Å². The van der Waals surface area contributed by atoms with Gasteiger partial charge in [-0.05, 0) is 25.0 Å². The lowest BCUT2D eigenvalue weighted by Crippen LogP contribution is -2.42. The van der Waals surface area contributed by atoms with E-state index in [1.165, 1.54) is 12.7 Å². The molecular formula is C14H19NO4. The summed E-state index contributed by atoms with van der Waals surface area (Å²) in [7, 11) is 0. The van der Waals surface area contributed by atoms with E-state index in [1.807, 2.05) is 0 Å². The summed E-state index contributed by atoms with van der Waals surface area (Å²) in [5.74, 6) is -0.790. The Kier molecular flexibility index (Phi) is 4.60. The average molecular weight is 265 g/mol. The maximum Gasteiger partial charge on any atom is 0.305 e. The Labute approximate surface area is 112 Å². The molecule has 0 saturated heterocycles. The minimum absolute atomic E-state index is 0.0249. The van der Waals surface area contributed by atoms with Crippen LogP contribution in [0.4, 0.5) is 0 Å². The predicted molar refractivity (Wildman–Crippen MR) is 68.9 cm³/mol. The predicted octanol–water partition coefficient (Wildman–Crippen LogP) is 2.53.